The van der Waals surface area contributed by atoms with Gasteiger partial charge in [0.05, 0.1) is 0 Å². The van der Waals surface area contributed by atoms with E-state index in [-0.39, 0.29) is 19.3 Å². The van der Waals surface area contributed by atoms with E-state index in [1.807, 2.05) is 0 Å². The number of imide groups is 1. The van der Waals surface area contributed by atoms with Gasteiger partial charge in [0.1, 0.15) is 0 Å². The van der Waals surface area contributed by atoms with Crippen molar-refractivity contribution < 1.29 is 19.2 Å². The summed E-state index contributed by atoms with van der Waals surface area (Å²) >= 11 is 0. The average molecular weight is 184 g/mol. The van der Waals surface area contributed by atoms with Crippen LogP contribution < -0.4 is 0 Å². The molecular weight excluding hydrogens is 174 g/mol. The van der Waals surface area contributed by atoms with Crippen molar-refractivity contribution in [3.05, 3.63) is 6.92 Å². The first-order valence-electron chi connectivity index (χ1n) is 4.01. The largest absolute Gasteiger partial charge is 0.333 e. The molecule has 1 fully saturated rings. The van der Waals surface area contributed by atoms with Crippen LogP contribution in [0, 0.1) is 6.92 Å². The second-order valence-electron chi connectivity index (χ2n) is 2.65. The van der Waals surface area contributed by atoms with Crippen molar-refractivity contribution in [2.24, 2.45) is 0 Å². The molecule has 1 radical (unpaired) electrons. The molecule has 71 valence electrons. The Morgan fingerprint density at radius 3 is 2.38 bits per heavy atom. The molecule has 0 atom stereocenters. The number of hydrogen-bond donors (Lipinski definition) is 0. The van der Waals surface area contributed by atoms with E-state index in [0.717, 1.165) is 0 Å². The van der Waals surface area contributed by atoms with Gasteiger partial charge >= 0.3 is 5.97 Å². The molecule has 0 bridgehead atoms. The third-order valence-electron chi connectivity index (χ3n) is 1.58. The highest BCUT2D eigenvalue weighted by molar-refractivity contribution is 6.01. The van der Waals surface area contributed by atoms with E-state index >= 15 is 0 Å². The average Bonchev–Trinajstić information content (AvgIpc) is 2.36. The molecule has 0 aromatic rings. The third kappa shape index (κ3) is 2.27. The zero-order valence-electron chi connectivity index (χ0n) is 7.12. The molecule has 1 aliphatic rings. The van der Waals surface area contributed by atoms with Crippen LogP contribution in [0.15, 0.2) is 0 Å². The van der Waals surface area contributed by atoms with Crippen LogP contribution in [0.3, 0.4) is 0 Å². The summed E-state index contributed by atoms with van der Waals surface area (Å²) in [5.74, 6) is -1.51. The summed E-state index contributed by atoms with van der Waals surface area (Å²) in [7, 11) is 0. The minimum atomic E-state index is -0.599. The van der Waals surface area contributed by atoms with Crippen LogP contribution in [-0.4, -0.2) is 22.8 Å². The van der Waals surface area contributed by atoms with Crippen LogP contribution in [0.4, 0.5) is 0 Å². The van der Waals surface area contributed by atoms with Crippen molar-refractivity contribution >= 4 is 17.8 Å². The summed E-state index contributed by atoms with van der Waals surface area (Å²) in [5.41, 5.74) is 0. The fourth-order valence-corrected chi connectivity index (χ4v) is 0.950. The van der Waals surface area contributed by atoms with E-state index in [9.17, 15) is 14.4 Å². The molecule has 0 aromatic carbocycles. The number of carbonyl (C=O) groups is 3. The molecule has 1 heterocycles. The monoisotopic (exact) mass is 184 g/mol. The summed E-state index contributed by atoms with van der Waals surface area (Å²) in [6, 6.07) is 0. The number of nitrogens with zero attached hydrogens (tertiary/aromatic N) is 1. The minimum Gasteiger partial charge on any atom is -0.330 e. The highest BCUT2D eigenvalue weighted by atomic mass is 16.7. The molecule has 2 amide bonds. The summed E-state index contributed by atoms with van der Waals surface area (Å²) < 4.78 is 0. The Labute approximate surface area is 75.6 Å². The molecule has 13 heavy (non-hydrogen) atoms. The van der Waals surface area contributed by atoms with Gasteiger partial charge in [-0.25, -0.2) is 4.79 Å². The molecule has 0 unspecified atom stereocenters. The molecule has 1 saturated heterocycles. The van der Waals surface area contributed by atoms with Gasteiger partial charge in [-0.1, -0.05) is 6.92 Å². The lowest BCUT2D eigenvalue weighted by Crippen LogP contribution is -2.31. The van der Waals surface area contributed by atoms with Gasteiger partial charge in [-0.3, -0.25) is 9.59 Å². The second-order valence-corrected chi connectivity index (χ2v) is 2.65. The van der Waals surface area contributed by atoms with Gasteiger partial charge in [0.2, 0.25) is 0 Å². The lowest BCUT2D eigenvalue weighted by Gasteiger charge is -2.11. The van der Waals surface area contributed by atoms with E-state index in [1.165, 1.54) is 0 Å². The lowest BCUT2D eigenvalue weighted by molar-refractivity contribution is -0.197. The number of hydroxylamine groups is 2. The minimum absolute atomic E-state index is 0.108. The predicted molar refractivity (Wildman–Crippen MR) is 41.8 cm³/mol. The van der Waals surface area contributed by atoms with E-state index in [2.05, 4.69) is 11.8 Å². The number of amides is 2. The van der Waals surface area contributed by atoms with E-state index < -0.39 is 17.8 Å². The number of rotatable bonds is 3. The van der Waals surface area contributed by atoms with Crippen LogP contribution in [0.5, 0.6) is 0 Å². The molecule has 5 heteroatoms. The van der Waals surface area contributed by atoms with Crippen LogP contribution in [0.2, 0.25) is 0 Å². The van der Waals surface area contributed by atoms with Crippen LogP contribution in [0.1, 0.15) is 25.7 Å². The quantitative estimate of drug-likeness (QED) is 0.588. The molecule has 0 aromatic heterocycles. The molecule has 5 nitrogen and oxygen atoms in total. The lowest BCUT2D eigenvalue weighted by atomic mass is 10.3. The van der Waals surface area contributed by atoms with E-state index in [0.29, 0.717) is 11.5 Å². The molecular formula is C8H10NO4. The first-order chi connectivity index (χ1) is 6.15. The predicted octanol–water partition coefficient (Wildman–Crippen LogP) is 0.208. The van der Waals surface area contributed by atoms with E-state index in [1.54, 1.807) is 0 Å². The Balaban J connectivity index is 2.48. The van der Waals surface area contributed by atoms with Crippen LogP contribution >= 0.6 is 0 Å². The maximum Gasteiger partial charge on any atom is 0.333 e. The Morgan fingerprint density at radius 1 is 1.38 bits per heavy atom. The third-order valence-corrected chi connectivity index (χ3v) is 1.58. The van der Waals surface area contributed by atoms with Crippen molar-refractivity contribution in [2.75, 3.05) is 0 Å². The zero-order chi connectivity index (χ0) is 9.84. The van der Waals surface area contributed by atoms with Crippen LogP contribution in [0.25, 0.3) is 0 Å². The summed E-state index contributed by atoms with van der Waals surface area (Å²) in [6.45, 7) is 3.45. The van der Waals surface area contributed by atoms with Gasteiger partial charge in [-0.2, -0.15) is 0 Å². The van der Waals surface area contributed by atoms with Gasteiger partial charge in [-0.05, 0) is 6.42 Å². The molecule has 0 N–H and O–H groups in total. The van der Waals surface area contributed by atoms with Crippen molar-refractivity contribution in [2.45, 2.75) is 25.7 Å². The van der Waals surface area contributed by atoms with Gasteiger partial charge in [0.15, 0.2) is 0 Å². The first kappa shape index (κ1) is 9.70. The van der Waals surface area contributed by atoms with Crippen molar-refractivity contribution in [1.82, 2.24) is 5.06 Å². The summed E-state index contributed by atoms with van der Waals surface area (Å²) in [6.07, 6.45) is 0.735. The summed E-state index contributed by atoms with van der Waals surface area (Å²) in [5, 5.41) is 0.540. The number of hydrogen-bond acceptors (Lipinski definition) is 4. The molecule has 1 aliphatic heterocycles. The van der Waals surface area contributed by atoms with Gasteiger partial charge in [0.25, 0.3) is 11.8 Å². The van der Waals surface area contributed by atoms with Gasteiger partial charge in [-0.15, -0.1) is 5.06 Å². The fraction of sp³-hybridized carbons (Fsp3) is 0.500. The highest BCUT2D eigenvalue weighted by Crippen LogP contribution is 2.12. The van der Waals surface area contributed by atoms with Gasteiger partial charge in [0, 0.05) is 19.3 Å². The summed E-state index contributed by atoms with van der Waals surface area (Å²) in [4.78, 5) is 37.3. The van der Waals surface area contributed by atoms with Crippen molar-refractivity contribution in [3.63, 3.8) is 0 Å². The SMILES string of the molecule is [CH2]CCC(=O)ON1C(=O)CCC1=O. The van der Waals surface area contributed by atoms with E-state index in [4.69, 9.17) is 0 Å². The fourth-order valence-electron chi connectivity index (χ4n) is 0.950. The second kappa shape index (κ2) is 4.02. The van der Waals surface area contributed by atoms with Crippen LogP contribution in [-0.2, 0) is 19.2 Å². The Morgan fingerprint density at radius 2 is 1.92 bits per heavy atom. The molecule has 0 aliphatic carbocycles. The Bertz CT molecular complexity index is 233. The Hall–Kier alpha value is -1.39. The molecule has 1 rings (SSSR count). The standard InChI is InChI=1S/C8H10NO4/c1-2-3-8(12)13-9-6(10)4-5-7(9)11/h1-5H2. The molecule has 0 saturated carbocycles. The normalized spacial score (nSPS) is 16.5. The maximum atomic E-state index is 10.9. The highest BCUT2D eigenvalue weighted by Gasteiger charge is 2.32. The zero-order valence-corrected chi connectivity index (χ0v) is 7.12. The number of carbonyl (C=O) groups excluding carboxylic acids is 3. The topological polar surface area (TPSA) is 63.7 Å². The maximum absolute atomic E-state index is 10.9. The first-order valence-corrected chi connectivity index (χ1v) is 4.01. The smallest absolute Gasteiger partial charge is 0.330 e. The molecule has 0 spiro atoms. The van der Waals surface area contributed by atoms with Crippen molar-refractivity contribution in [3.8, 4) is 0 Å². The Kier molecular flexibility index (Phi) is 3.00. The van der Waals surface area contributed by atoms with Crippen molar-refractivity contribution in [1.29, 1.82) is 0 Å². The van der Waals surface area contributed by atoms with Gasteiger partial charge < -0.3 is 4.84 Å².